The topological polar surface area (TPSA) is 66.8 Å². The van der Waals surface area contributed by atoms with Gasteiger partial charge < -0.3 is 14.7 Å². The molecule has 5 nitrogen and oxygen atoms in total. The lowest BCUT2D eigenvalue weighted by Crippen LogP contribution is -2.35. The van der Waals surface area contributed by atoms with Gasteiger partial charge in [0.2, 0.25) is 0 Å². The van der Waals surface area contributed by atoms with E-state index in [2.05, 4.69) is 0 Å². The summed E-state index contributed by atoms with van der Waals surface area (Å²) in [7, 11) is 1.48. The summed E-state index contributed by atoms with van der Waals surface area (Å²) in [5.74, 6) is -0.705. The minimum atomic E-state index is -0.887. The van der Waals surface area contributed by atoms with Crippen LogP contribution in [0.1, 0.15) is 23.7 Å². The van der Waals surface area contributed by atoms with Crippen LogP contribution in [0.5, 0.6) is 5.75 Å². The first kappa shape index (κ1) is 14.7. The predicted molar refractivity (Wildman–Crippen MR) is 74.3 cm³/mol. The van der Waals surface area contributed by atoms with E-state index < -0.39 is 11.4 Å². The third kappa shape index (κ3) is 2.58. The lowest BCUT2D eigenvalue weighted by Gasteiger charge is -2.21. The molecule has 1 N–H and O–H groups in total. The minimum Gasteiger partial charge on any atom is -0.496 e. The van der Waals surface area contributed by atoms with Crippen LogP contribution in [0, 0.1) is 5.41 Å². The van der Waals surface area contributed by atoms with E-state index in [4.69, 9.17) is 16.3 Å². The Kier molecular flexibility index (Phi) is 3.90. The number of carboxylic acid groups (broad SMARTS) is 1. The number of carbonyl (C=O) groups excluding carboxylic acids is 1. The Morgan fingerprint density at radius 3 is 2.70 bits per heavy atom. The molecule has 0 aromatic heterocycles. The molecule has 1 unspecified atom stereocenters. The van der Waals surface area contributed by atoms with Crippen LogP contribution in [0.4, 0.5) is 0 Å². The van der Waals surface area contributed by atoms with Gasteiger partial charge in [0.1, 0.15) is 5.75 Å². The molecule has 1 saturated heterocycles. The van der Waals surface area contributed by atoms with E-state index in [0.717, 1.165) is 0 Å². The van der Waals surface area contributed by atoms with Gasteiger partial charge in [0.25, 0.3) is 5.91 Å². The molecular weight excluding hydrogens is 282 g/mol. The van der Waals surface area contributed by atoms with Crippen molar-refractivity contribution in [3.63, 3.8) is 0 Å². The zero-order valence-corrected chi connectivity index (χ0v) is 12.1. The summed E-state index contributed by atoms with van der Waals surface area (Å²) in [6, 6.07) is 4.81. The fourth-order valence-corrected chi connectivity index (χ4v) is 2.50. The van der Waals surface area contributed by atoms with Crippen molar-refractivity contribution in [1.29, 1.82) is 0 Å². The second-order valence-electron chi connectivity index (χ2n) is 5.19. The van der Waals surface area contributed by atoms with Gasteiger partial charge in [0.15, 0.2) is 0 Å². The summed E-state index contributed by atoms with van der Waals surface area (Å²) in [5, 5.41) is 9.64. The van der Waals surface area contributed by atoms with Crippen LogP contribution in [0.2, 0.25) is 5.02 Å². The first-order valence-electron chi connectivity index (χ1n) is 6.23. The molecule has 0 spiro atoms. The summed E-state index contributed by atoms with van der Waals surface area (Å²) in [6.45, 7) is 2.26. The van der Waals surface area contributed by atoms with Crippen molar-refractivity contribution >= 4 is 23.5 Å². The second-order valence-corrected chi connectivity index (χ2v) is 5.62. The average molecular weight is 298 g/mol. The molecule has 0 bridgehead atoms. The quantitative estimate of drug-likeness (QED) is 0.929. The highest BCUT2D eigenvalue weighted by atomic mass is 35.5. The van der Waals surface area contributed by atoms with E-state index in [0.29, 0.717) is 29.3 Å². The highest BCUT2D eigenvalue weighted by Gasteiger charge is 2.42. The SMILES string of the molecule is COc1ccc(Cl)cc1C(=O)N1CCC(C)(C(=O)O)C1. The molecule has 1 aliphatic rings. The van der Waals surface area contributed by atoms with Crippen LogP contribution in [0.15, 0.2) is 18.2 Å². The van der Waals surface area contributed by atoms with E-state index in [-0.39, 0.29) is 12.5 Å². The number of amides is 1. The minimum absolute atomic E-state index is 0.191. The molecule has 1 fully saturated rings. The number of ether oxygens (including phenoxy) is 1. The van der Waals surface area contributed by atoms with Crippen molar-refractivity contribution in [3.8, 4) is 5.75 Å². The van der Waals surface area contributed by atoms with Gasteiger partial charge in [-0.05, 0) is 31.5 Å². The molecule has 0 saturated carbocycles. The lowest BCUT2D eigenvalue weighted by molar-refractivity contribution is -0.147. The summed E-state index contributed by atoms with van der Waals surface area (Å²) in [6.07, 6.45) is 0.441. The van der Waals surface area contributed by atoms with Crippen LogP contribution >= 0.6 is 11.6 Å². The van der Waals surface area contributed by atoms with E-state index in [1.54, 1.807) is 25.1 Å². The van der Waals surface area contributed by atoms with Gasteiger partial charge in [-0.3, -0.25) is 9.59 Å². The Morgan fingerprint density at radius 1 is 1.45 bits per heavy atom. The normalized spacial score (nSPS) is 21.9. The van der Waals surface area contributed by atoms with Crippen LogP contribution in [0.3, 0.4) is 0 Å². The van der Waals surface area contributed by atoms with Gasteiger partial charge in [-0.15, -0.1) is 0 Å². The average Bonchev–Trinajstić information content (AvgIpc) is 2.82. The maximum Gasteiger partial charge on any atom is 0.311 e. The molecule has 1 amide bonds. The third-order valence-corrected chi connectivity index (χ3v) is 3.90. The fourth-order valence-electron chi connectivity index (χ4n) is 2.33. The molecule has 1 aliphatic heterocycles. The fraction of sp³-hybridized carbons (Fsp3) is 0.429. The number of benzene rings is 1. The molecule has 0 radical (unpaired) electrons. The van der Waals surface area contributed by atoms with E-state index in [9.17, 15) is 14.7 Å². The van der Waals surface area contributed by atoms with Gasteiger partial charge in [-0.2, -0.15) is 0 Å². The van der Waals surface area contributed by atoms with Gasteiger partial charge in [-0.25, -0.2) is 0 Å². The van der Waals surface area contributed by atoms with Gasteiger partial charge >= 0.3 is 5.97 Å². The number of methoxy groups -OCH3 is 1. The predicted octanol–water partition coefficient (Wildman–Crippen LogP) is 2.29. The van der Waals surface area contributed by atoms with Crippen LogP contribution in [0.25, 0.3) is 0 Å². The molecule has 108 valence electrons. The van der Waals surface area contributed by atoms with Crippen molar-refractivity contribution < 1.29 is 19.4 Å². The molecule has 1 atom stereocenters. The van der Waals surface area contributed by atoms with Gasteiger partial charge in [0, 0.05) is 18.1 Å². The number of likely N-dealkylation sites (tertiary alicyclic amines) is 1. The van der Waals surface area contributed by atoms with Crippen molar-refractivity contribution in [2.75, 3.05) is 20.2 Å². The van der Waals surface area contributed by atoms with E-state index in [1.807, 2.05) is 0 Å². The van der Waals surface area contributed by atoms with E-state index in [1.165, 1.54) is 12.0 Å². The highest BCUT2D eigenvalue weighted by molar-refractivity contribution is 6.31. The Hall–Kier alpha value is -1.75. The van der Waals surface area contributed by atoms with E-state index >= 15 is 0 Å². The molecule has 0 aliphatic carbocycles. The molecular formula is C14H16ClNO4. The maximum atomic E-state index is 12.5. The number of carboxylic acids is 1. The summed E-state index contributed by atoms with van der Waals surface area (Å²) in [5.41, 5.74) is -0.531. The number of hydrogen-bond acceptors (Lipinski definition) is 3. The Morgan fingerprint density at radius 2 is 2.15 bits per heavy atom. The first-order valence-corrected chi connectivity index (χ1v) is 6.61. The second kappa shape index (κ2) is 5.32. The number of rotatable bonds is 3. The Balaban J connectivity index is 2.25. The van der Waals surface area contributed by atoms with Gasteiger partial charge in [-0.1, -0.05) is 11.6 Å². The van der Waals surface area contributed by atoms with Crippen molar-refractivity contribution in [2.24, 2.45) is 5.41 Å². The number of hydrogen-bond donors (Lipinski definition) is 1. The Labute approximate surface area is 122 Å². The van der Waals surface area contributed by atoms with Crippen molar-refractivity contribution in [1.82, 2.24) is 4.90 Å². The number of nitrogens with zero attached hydrogens (tertiary/aromatic N) is 1. The van der Waals surface area contributed by atoms with Gasteiger partial charge in [0.05, 0.1) is 18.1 Å². The summed E-state index contributed by atoms with van der Waals surface area (Å²) in [4.78, 5) is 25.2. The Bertz CT molecular complexity index is 560. The van der Waals surface area contributed by atoms with Crippen LogP contribution < -0.4 is 4.74 Å². The molecule has 1 aromatic rings. The van der Waals surface area contributed by atoms with Crippen LogP contribution in [-0.2, 0) is 4.79 Å². The summed E-state index contributed by atoms with van der Waals surface area (Å²) >= 11 is 5.91. The molecule has 6 heteroatoms. The number of aliphatic carboxylic acids is 1. The molecule has 2 rings (SSSR count). The maximum absolute atomic E-state index is 12.5. The standard InChI is InChI=1S/C14H16ClNO4/c1-14(13(18)19)5-6-16(8-14)12(17)10-7-9(15)3-4-11(10)20-2/h3-4,7H,5-6,8H2,1-2H3,(H,18,19). The smallest absolute Gasteiger partial charge is 0.311 e. The number of halogens is 1. The van der Waals surface area contributed by atoms with Crippen molar-refractivity contribution in [3.05, 3.63) is 28.8 Å². The van der Waals surface area contributed by atoms with Crippen molar-refractivity contribution in [2.45, 2.75) is 13.3 Å². The lowest BCUT2D eigenvalue weighted by atomic mass is 9.90. The molecule has 1 heterocycles. The highest BCUT2D eigenvalue weighted by Crippen LogP contribution is 2.32. The molecule has 1 aromatic carbocycles. The monoisotopic (exact) mass is 297 g/mol. The third-order valence-electron chi connectivity index (χ3n) is 3.67. The zero-order valence-electron chi connectivity index (χ0n) is 11.4. The number of carbonyl (C=O) groups is 2. The first-order chi connectivity index (χ1) is 9.37. The summed E-state index contributed by atoms with van der Waals surface area (Å²) < 4.78 is 5.16. The van der Waals surface area contributed by atoms with Crippen LogP contribution in [-0.4, -0.2) is 42.1 Å². The molecule has 20 heavy (non-hydrogen) atoms. The zero-order chi connectivity index (χ0) is 14.9. The largest absolute Gasteiger partial charge is 0.496 e.